The summed E-state index contributed by atoms with van der Waals surface area (Å²) in [4.78, 5) is 41.8. The second kappa shape index (κ2) is 32.1. The summed E-state index contributed by atoms with van der Waals surface area (Å²) in [5, 5.41) is 24.4. The number of benzene rings is 6. The first-order valence-corrected chi connectivity index (χ1v) is 42.4. The number of aliphatic hydroxyl groups excluding tert-OH is 2. The van der Waals surface area contributed by atoms with Crippen LogP contribution in [0, 0.1) is 17.5 Å². The fourth-order valence-electron chi connectivity index (χ4n) is 12.1. The normalized spacial score (nSPS) is 12.3. The van der Waals surface area contributed by atoms with Gasteiger partial charge < -0.3 is 47.1 Å². The number of H-pyrrole nitrogens is 1. The number of carbonyl (C=O) groups excluding carboxylic acids is 1. The summed E-state index contributed by atoms with van der Waals surface area (Å²) in [6.45, 7) is 15.7. The molecule has 0 aliphatic carbocycles. The van der Waals surface area contributed by atoms with E-state index in [0.717, 1.165) is 23.2 Å². The maximum Gasteiger partial charge on any atom is 0.268 e. The molecule has 15 aromatic rings. The zero-order valence-corrected chi connectivity index (χ0v) is 62.6. The third kappa shape index (κ3) is 16.4. The average molecular weight is 1520 g/mol. The quantitative estimate of drug-likeness (QED) is 0.0327. The Labute approximate surface area is 624 Å². The van der Waals surface area contributed by atoms with Crippen molar-refractivity contribution in [1.82, 2.24) is 44.0 Å². The van der Waals surface area contributed by atoms with Gasteiger partial charge in [0.2, 0.25) is 17.6 Å². The van der Waals surface area contributed by atoms with Crippen molar-refractivity contribution in [2.45, 2.75) is 77.0 Å². The number of nitrogens with zero attached hydrogens (tertiary/aromatic N) is 8. The van der Waals surface area contributed by atoms with E-state index in [-0.39, 0.29) is 54.4 Å². The van der Waals surface area contributed by atoms with Crippen LogP contribution in [0.3, 0.4) is 0 Å². The molecule has 538 valence electrons. The van der Waals surface area contributed by atoms with Crippen molar-refractivity contribution in [3.63, 3.8) is 0 Å². The van der Waals surface area contributed by atoms with E-state index in [1.807, 2.05) is 57.9 Å². The number of carbonyl (C=O) groups is 1. The van der Waals surface area contributed by atoms with Crippen molar-refractivity contribution in [3.8, 4) is 66.8 Å². The number of oxazole rings is 3. The van der Waals surface area contributed by atoms with Crippen molar-refractivity contribution in [3.05, 3.63) is 287 Å². The number of hydrogen-bond acceptors (Lipinski definition) is 14. The lowest BCUT2D eigenvalue weighted by Crippen LogP contribution is -2.22. The molecule has 0 amide bonds. The van der Waals surface area contributed by atoms with E-state index < -0.39 is 28.4 Å². The predicted molar refractivity (Wildman–Crippen MR) is 412 cm³/mol. The minimum atomic E-state index is -1.24. The molecule has 0 radical (unpaired) electrons. The van der Waals surface area contributed by atoms with Gasteiger partial charge in [0.1, 0.15) is 66.6 Å². The SMILES string of the molecule is C[Si](C)(C)CCOCn1cc(-c2ccccc2F)c2c(Cl)c(-c3cccc(C(=O)c4ncco4)c3)cnc21.C[Si](C)(C)CCOCn1cc(-c2ccccc2F)c2c(Cl)c(-c3cccc(C(O)c4ncco4)c3)cnc21.OC(c1cccc(-c2cnc3[nH]cc(-c4ccccc4F)c3c2Cl)c1)c1ncco1. The number of nitrogens with one attached hydrogen (secondary N) is 1. The van der Waals surface area contributed by atoms with Gasteiger partial charge in [0.15, 0.2) is 12.2 Å². The van der Waals surface area contributed by atoms with Gasteiger partial charge in [0.25, 0.3) is 5.89 Å². The molecule has 0 saturated carbocycles. The third-order valence-corrected chi connectivity index (χ3v) is 22.3. The van der Waals surface area contributed by atoms with Crippen LogP contribution in [0.4, 0.5) is 13.2 Å². The van der Waals surface area contributed by atoms with Crippen molar-refractivity contribution in [2.24, 2.45) is 0 Å². The molecule has 0 bridgehead atoms. The molecule has 0 saturated heterocycles. The van der Waals surface area contributed by atoms with Crippen LogP contribution in [-0.4, -0.2) is 89.4 Å². The van der Waals surface area contributed by atoms with E-state index in [1.165, 1.54) is 55.6 Å². The molecule has 0 fully saturated rings. The van der Waals surface area contributed by atoms with Crippen LogP contribution in [0.2, 0.25) is 66.4 Å². The Morgan fingerprint density at radius 3 is 1.33 bits per heavy atom. The highest BCUT2D eigenvalue weighted by molar-refractivity contribution is 6.76. The molecule has 2 atom stereocenters. The van der Waals surface area contributed by atoms with Gasteiger partial charge in [-0.15, -0.1) is 0 Å². The van der Waals surface area contributed by atoms with E-state index in [2.05, 4.69) is 64.2 Å². The Bertz CT molecular complexity index is 5610. The average Bonchev–Trinajstić information content (AvgIpc) is 1.44. The molecule has 2 unspecified atom stereocenters. The summed E-state index contributed by atoms with van der Waals surface area (Å²) in [7, 11) is -2.48. The van der Waals surface area contributed by atoms with Crippen LogP contribution in [0.15, 0.2) is 233 Å². The molecule has 17 nitrogen and oxygen atoms in total. The van der Waals surface area contributed by atoms with E-state index in [0.29, 0.717) is 134 Å². The van der Waals surface area contributed by atoms with Gasteiger partial charge in [0.05, 0.1) is 33.7 Å². The zero-order valence-electron chi connectivity index (χ0n) is 58.4. The van der Waals surface area contributed by atoms with Crippen molar-refractivity contribution < 1.29 is 50.9 Å². The molecular weight excluding hydrogens is 1450 g/mol. The maximum absolute atomic E-state index is 14.9. The first-order chi connectivity index (χ1) is 51.1. The third-order valence-electron chi connectivity index (χ3n) is 17.7. The Kier molecular flexibility index (Phi) is 22.4. The minimum absolute atomic E-state index is 0.00914. The second-order valence-corrected chi connectivity index (χ2v) is 39.9. The highest BCUT2D eigenvalue weighted by atomic mass is 35.5. The van der Waals surface area contributed by atoms with Crippen LogP contribution in [-0.2, 0) is 22.9 Å². The monoisotopic (exact) mass is 1520 g/mol. The largest absolute Gasteiger partial charge is 0.446 e. The molecule has 9 aromatic heterocycles. The number of ether oxygens (including phenoxy) is 2. The summed E-state index contributed by atoms with van der Waals surface area (Å²) in [5.74, 6) is -0.953. The number of hydrogen-bond donors (Lipinski definition) is 3. The number of aliphatic hydroxyl groups is 2. The van der Waals surface area contributed by atoms with E-state index in [1.54, 1.807) is 116 Å². The van der Waals surface area contributed by atoms with Crippen molar-refractivity contribution in [2.75, 3.05) is 13.2 Å². The fourth-order valence-corrected chi connectivity index (χ4v) is 14.7. The Morgan fingerprint density at radius 1 is 0.481 bits per heavy atom. The van der Waals surface area contributed by atoms with Crippen LogP contribution in [0.25, 0.3) is 99.9 Å². The number of aromatic nitrogens is 9. The molecule has 15 rings (SSSR count). The number of halogens is 6. The Hall–Kier alpha value is -10.4. The van der Waals surface area contributed by atoms with Gasteiger partial charge in [-0.2, -0.15) is 0 Å². The number of fused-ring (bicyclic) bond motifs is 3. The van der Waals surface area contributed by atoms with Crippen LogP contribution in [0.1, 0.15) is 51.4 Å². The lowest BCUT2D eigenvalue weighted by atomic mass is 9.99. The molecule has 25 heteroatoms. The van der Waals surface area contributed by atoms with Gasteiger partial charge in [-0.05, 0) is 76.3 Å². The Morgan fingerprint density at radius 2 is 0.896 bits per heavy atom. The minimum Gasteiger partial charge on any atom is -0.446 e. The summed E-state index contributed by atoms with van der Waals surface area (Å²) in [5.41, 5.74) is 10.8. The molecule has 0 aliphatic rings. The van der Waals surface area contributed by atoms with Gasteiger partial charge >= 0.3 is 0 Å². The lowest BCUT2D eigenvalue weighted by Gasteiger charge is -2.15. The van der Waals surface area contributed by atoms with Gasteiger partial charge in [-0.3, -0.25) is 4.79 Å². The fraction of sp³-hybridized carbons (Fsp3) is 0.173. The van der Waals surface area contributed by atoms with Crippen LogP contribution in [0.5, 0.6) is 0 Å². The predicted octanol–water partition coefficient (Wildman–Crippen LogP) is 21.0. The molecule has 6 aromatic carbocycles. The zero-order chi connectivity index (χ0) is 74.4. The first-order valence-electron chi connectivity index (χ1n) is 33.9. The van der Waals surface area contributed by atoms with Crippen molar-refractivity contribution in [1.29, 1.82) is 0 Å². The summed E-state index contributed by atoms with van der Waals surface area (Å²) < 4.78 is 75.6. The summed E-state index contributed by atoms with van der Waals surface area (Å²) in [6, 6.07) is 43.4. The van der Waals surface area contributed by atoms with E-state index in [9.17, 15) is 28.2 Å². The number of aromatic amines is 1. The van der Waals surface area contributed by atoms with Crippen LogP contribution >= 0.6 is 34.8 Å². The summed E-state index contributed by atoms with van der Waals surface area (Å²) in [6.07, 6.45) is 17.0. The first kappa shape index (κ1) is 73.9. The maximum atomic E-state index is 14.9. The number of rotatable bonds is 22. The van der Waals surface area contributed by atoms with Gasteiger partial charge in [-0.25, -0.2) is 43.1 Å². The van der Waals surface area contributed by atoms with Gasteiger partial charge in [-0.1, -0.05) is 183 Å². The molecule has 3 N–H and O–H groups in total. The smallest absolute Gasteiger partial charge is 0.268 e. The van der Waals surface area contributed by atoms with Crippen LogP contribution < -0.4 is 0 Å². The second-order valence-electron chi connectivity index (χ2n) is 27.5. The van der Waals surface area contributed by atoms with Gasteiger partial charge in [0, 0.05) is 138 Å². The molecule has 0 aliphatic heterocycles. The van der Waals surface area contributed by atoms with E-state index >= 15 is 0 Å². The number of pyridine rings is 3. The standard InChI is InChI=1S/C29H29ClFN3O3Si.C29H27ClFN3O3Si.C23H15ClFN3O2/c2*1-38(2,3)14-13-36-18-34-17-23(21-9-4-5-10-24(21)31)25-26(30)22(16-33-28(25)34)19-7-6-8-20(15-19)27(35)29-32-11-12-37-29;24-20-16(13-4-3-5-14(10-13)21(29)23-26-8-9-30-23)11-27-22-19(20)17(12-28-22)15-6-1-2-7-18(15)25/h4-12,15-17,27,35H,13-14,18H2,1-3H3;4-12,15-17H,13-14,18H2,1-3H3;1-12,21,29H,(H,27,28). The highest BCUT2D eigenvalue weighted by Gasteiger charge is 2.26. The lowest BCUT2D eigenvalue weighted by molar-refractivity contribution is 0.0898. The topological polar surface area (TPSA) is 218 Å². The molecule has 106 heavy (non-hydrogen) atoms. The number of ketones is 1. The highest BCUT2D eigenvalue weighted by Crippen LogP contribution is 2.45. The molecular formula is C81H71Cl3F3N9O8Si2. The van der Waals surface area contributed by atoms with E-state index in [4.69, 9.17) is 67.5 Å². The Balaban J connectivity index is 0.000000142. The molecule has 9 heterocycles. The molecule has 0 spiro atoms. The van der Waals surface area contributed by atoms with Crippen molar-refractivity contribution >= 4 is 89.8 Å². The summed E-state index contributed by atoms with van der Waals surface area (Å²) >= 11 is 20.8.